The summed E-state index contributed by atoms with van der Waals surface area (Å²) >= 11 is 0. The number of carbonyl (C=O) groups is 2. The predicted molar refractivity (Wildman–Crippen MR) is 119 cm³/mol. The molecule has 162 valence electrons. The number of anilines is 1. The fourth-order valence-electron chi connectivity index (χ4n) is 4.06. The number of nitrogens with one attached hydrogen (secondary N) is 3. The second-order valence-electron chi connectivity index (χ2n) is 7.87. The Labute approximate surface area is 184 Å². The summed E-state index contributed by atoms with van der Waals surface area (Å²) in [4.78, 5) is 25.3. The lowest BCUT2D eigenvalue weighted by atomic mass is 10.1. The van der Waals surface area contributed by atoms with Gasteiger partial charge in [-0.3, -0.25) is 14.7 Å². The first kappa shape index (κ1) is 19.9. The van der Waals surface area contributed by atoms with Crippen molar-refractivity contribution >= 4 is 17.6 Å². The van der Waals surface area contributed by atoms with Crippen molar-refractivity contribution in [1.29, 1.82) is 0 Å². The number of rotatable bonds is 5. The molecule has 3 aromatic heterocycles. The maximum atomic E-state index is 12.9. The van der Waals surface area contributed by atoms with Crippen LogP contribution in [0.1, 0.15) is 51.4 Å². The summed E-state index contributed by atoms with van der Waals surface area (Å²) in [6, 6.07) is 14.9. The van der Waals surface area contributed by atoms with E-state index in [2.05, 4.69) is 25.4 Å². The van der Waals surface area contributed by atoms with Crippen molar-refractivity contribution in [3.63, 3.8) is 0 Å². The average molecular weight is 429 g/mol. The number of furan rings is 1. The standard InChI is InChI=1S/C24H23N5O3/c1-15(16-7-3-2-4-8-16)25-23(30)17-13-19-21-18(9-5-11-29(19)14-17)22(28-27-21)26-24(31)20-10-6-12-32-20/h2-4,6-8,10,12-15H,5,9,11H2,1H3,(H,25,30)(H2,26,27,28,31). The van der Waals surface area contributed by atoms with Gasteiger partial charge in [-0.15, -0.1) is 0 Å². The summed E-state index contributed by atoms with van der Waals surface area (Å²) in [5, 5.41) is 13.2. The molecule has 0 saturated carbocycles. The quantitative estimate of drug-likeness (QED) is 0.443. The van der Waals surface area contributed by atoms with Crippen LogP contribution < -0.4 is 10.6 Å². The van der Waals surface area contributed by atoms with E-state index in [4.69, 9.17) is 4.42 Å². The summed E-state index contributed by atoms with van der Waals surface area (Å²) in [5.74, 6) is 0.234. The molecule has 1 aromatic carbocycles. The number of nitrogens with zero attached hydrogens (tertiary/aromatic N) is 2. The van der Waals surface area contributed by atoms with E-state index in [1.165, 1.54) is 6.26 Å². The zero-order valence-electron chi connectivity index (χ0n) is 17.6. The molecule has 0 bridgehead atoms. The fraction of sp³-hybridized carbons (Fsp3) is 0.208. The molecule has 0 aliphatic carbocycles. The first-order chi connectivity index (χ1) is 15.6. The van der Waals surface area contributed by atoms with Crippen LogP contribution in [0.4, 0.5) is 5.82 Å². The third-order valence-electron chi connectivity index (χ3n) is 5.73. The van der Waals surface area contributed by atoms with Gasteiger partial charge in [0, 0.05) is 18.3 Å². The fourth-order valence-corrected chi connectivity index (χ4v) is 4.06. The van der Waals surface area contributed by atoms with Crippen LogP contribution in [0, 0.1) is 0 Å². The molecule has 2 amide bonds. The molecule has 1 aliphatic heterocycles. The Bertz CT molecular complexity index is 1250. The molecule has 0 saturated heterocycles. The van der Waals surface area contributed by atoms with Crippen LogP contribution in [-0.2, 0) is 13.0 Å². The number of aryl methyl sites for hydroxylation is 1. The number of hydrogen-bond donors (Lipinski definition) is 3. The topological polar surface area (TPSA) is 105 Å². The van der Waals surface area contributed by atoms with Crippen molar-refractivity contribution < 1.29 is 14.0 Å². The van der Waals surface area contributed by atoms with E-state index >= 15 is 0 Å². The molecule has 32 heavy (non-hydrogen) atoms. The molecule has 8 heteroatoms. The van der Waals surface area contributed by atoms with E-state index < -0.39 is 0 Å². The third-order valence-corrected chi connectivity index (χ3v) is 5.73. The third kappa shape index (κ3) is 3.71. The van der Waals surface area contributed by atoms with Crippen LogP contribution in [0.5, 0.6) is 0 Å². The van der Waals surface area contributed by atoms with E-state index in [1.54, 1.807) is 12.1 Å². The second kappa shape index (κ2) is 8.22. The lowest BCUT2D eigenvalue weighted by Crippen LogP contribution is -2.26. The van der Waals surface area contributed by atoms with Gasteiger partial charge in [0.2, 0.25) is 0 Å². The molecule has 1 atom stereocenters. The van der Waals surface area contributed by atoms with Crippen molar-refractivity contribution in [1.82, 2.24) is 20.1 Å². The Kier molecular flexibility index (Phi) is 5.10. The Morgan fingerprint density at radius 2 is 2.00 bits per heavy atom. The maximum absolute atomic E-state index is 12.9. The predicted octanol–water partition coefficient (Wildman–Crippen LogP) is 4.16. The van der Waals surface area contributed by atoms with Gasteiger partial charge in [-0.1, -0.05) is 30.3 Å². The highest BCUT2D eigenvalue weighted by molar-refractivity contribution is 6.02. The molecule has 4 aromatic rings. The van der Waals surface area contributed by atoms with Crippen LogP contribution in [0.25, 0.3) is 11.4 Å². The van der Waals surface area contributed by atoms with E-state index in [0.717, 1.165) is 41.9 Å². The monoisotopic (exact) mass is 429 g/mol. The van der Waals surface area contributed by atoms with Crippen LogP contribution in [0.2, 0.25) is 0 Å². The number of H-pyrrole nitrogens is 1. The molecule has 0 radical (unpaired) electrons. The largest absolute Gasteiger partial charge is 0.459 e. The van der Waals surface area contributed by atoms with Crippen molar-refractivity contribution in [2.45, 2.75) is 32.4 Å². The normalized spacial score (nSPS) is 13.5. The number of carbonyl (C=O) groups excluding carboxylic acids is 2. The number of hydrogen-bond acceptors (Lipinski definition) is 4. The molecule has 4 heterocycles. The minimum absolute atomic E-state index is 0.102. The second-order valence-corrected chi connectivity index (χ2v) is 7.87. The number of aromatic amines is 1. The lowest BCUT2D eigenvalue weighted by Gasteiger charge is -2.13. The molecule has 1 aliphatic rings. The van der Waals surface area contributed by atoms with Gasteiger partial charge in [-0.2, -0.15) is 5.10 Å². The highest BCUT2D eigenvalue weighted by Crippen LogP contribution is 2.33. The molecule has 3 N–H and O–H groups in total. The minimum Gasteiger partial charge on any atom is -0.459 e. The van der Waals surface area contributed by atoms with Crippen molar-refractivity contribution in [2.24, 2.45) is 0 Å². The molecule has 8 nitrogen and oxygen atoms in total. The SMILES string of the molecule is CC(NC(=O)c1cc2n(c1)CCCc1c(NC(=O)c3ccco3)n[nH]c1-2)c1ccccc1. The molecular weight excluding hydrogens is 406 g/mol. The number of benzene rings is 1. The van der Waals surface area contributed by atoms with E-state index in [-0.39, 0.29) is 23.6 Å². The zero-order valence-corrected chi connectivity index (χ0v) is 17.6. The zero-order chi connectivity index (χ0) is 22.1. The first-order valence-corrected chi connectivity index (χ1v) is 10.6. The van der Waals surface area contributed by atoms with Gasteiger partial charge in [0.1, 0.15) is 0 Å². The first-order valence-electron chi connectivity index (χ1n) is 10.6. The summed E-state index contributed by atoms with van der Waals surface area (Å²) in [6.07, 6.45) is 4.95. The molecule has 5 rings (SSSR count). The van der Waals surface area contributed by atoms with Gasteiger partial charge in [-0.25, -0.2) is 0 Å². The summed E-state index contributed by atoms with van der Waals surface area (Å²) in [7, 11) is 0. The van der Waals surface area contributed by atoms with Gasteiger partial charge >= 0.3 is 0 Å². The van der Waals surface area contributed by atoms with Gasteiger partial charge in [0.25, 0.3) is 11.8 Å². The Morgan fingerprint density at radius 1 is 1.16 bits per heavy atom. The Hall–Kier alpha value is -4.07. The van der Waals surface area contributed by atoms with Gasteiger partial charge < -0.3 is 19.6 Å². The number of aromatic nitrogens is 3. The summed E-state index contributed by atoms with van der Waals surface area (Å²) in [5.41, 5.74) is 4.25. The summed E-state index contributed by atoms with van der Waals surface area (Å²) in [6.45, 7) is 2.74. The number of fused-ring (bicyclic) bond motifs is 3. The smallest absolute Gasteiger partial charge is 0.292 e. The van der Waals surface area contributed by atoms with Gasteiger partial charge in [0.15, 0.2) is 11.6 Å². The van der Waals surface area contributed by atoms with Crippen molar-refractivity contribution in [3.8, 4) is 11.4 Å². The van der Waals surface area contributed by atoms with Crippen LogP contribution >= 0.6 is 0 Å². The Balaban J connectivity index is 1.38. The average Bonchev–Trinajstić information content (AvgIpc) is 3.54. The van der Waals surface area contributed by atoms with Crippen molar-refractivity contribution in [3.05, 3.63) is 83.4 Å². The summed E-state index contributed by atoms with van der Waals surface area (Å²) < 4.78 is 7.22. The van der Waals surface area contributed by atoms with Crippen LogP contribution in [0.3, 0.4) is 0 Å². The maximum Gasteiger partial charge on any atom is 0.292 e. The van der Waals surface area contributed by atoms with Crippen molar-refractivity contribution in [2.75, 3.05) is 5.32 Å². The van der Waals surface area contributed by atoms with E-state index in [1.807, 2.05) is 49.5 Å². The molecule has 0 spiro atoms. The minimum atomic E-state index is -0.348. The Morgan fingerprint density at radius 3 is 2.78 bits per heavy atom. The molecule has 1 unspecified atom stereocenters. The van der Waals surface area contributed by atoms with Crippen LogP contribution in [-0.4, -0.2) is 26.6 Å². The van der Waals surface area contributed by atoms with Crippen LogP contribution in [0.15, 0.2) is 65.4 Å². The van der Waals surface area contributed by atoms with Gasteiger partial charge in [0.05, 0.1) is 29.3 Å². The van der Waals surface area contributed by atoms with E-state index in [0.29, 0.717) is 11.4 Å². The number of amides is 2. The lowest BCUT2D eigenvalue weighted by molar-refractivity contribution is 0.0938. The highest BCUT2D eigenvalue weighted by atomic mass is 16.3. The molecular formula is C24H23N5O3. The molecule has 0 fully saturated rings. The van der Waals surface area contributed by atoms with Gasteiger partial charge in [-0.05, 0) is 43.5 Å². The highest BCUT2D eigenvalue weighted by Gasteiger charge is 2.24. The van der Waals surface area contributed by atoms with E-state index in [9.17, 15) is 9.59 Å².